The number of sulfone groups is 1. The van der Waals surface area contributed by atoms with Gasteiger partial charge in [0.15, 0.2) is 9.84 Å². The molecular weight excluding hydrogens is 376 g/mol. The van der Waals surface area contributed by atoms with Crippen LogP contribution in [-0.2, 0) is 21.2 Å². The Morgan fingerprint density at radius 2 is 1.86 bits per heavy atom. The van der Waals surface area contributed by atoms with E-state index in [4.69, 9.17) is 5.11 Å². The van der Waals surface area contributed by atoms with Crippen LogP contribution >= 0.6 is 0 Å². The van der Waals surface area contributed by atoms with E-state index < -0.39 is 9.84 Å². The number of amides is 1. The number of nitrogens with one attached hydrogen (secondary N) is 1. The Labute approximate surface area is 165 Å². The van der Waals surface area contributed by atoms with Gasteiger partial charge in [-0.3, -0.25) is 4.79 Å². The van der Waals surface area contributed by atoms with E-state index in [9.17, 15) is 13.2 Å². The van der Waals surface area contributed by atoms with Crippen LogP contribution in [0, 0.1) is 5.92 Å². The lowest BCUT2D eigenvalue weighted by Crippen LogP contribution is -2.23. The van der Waals surface area contributed by atoms with Gasteiger partial charge in [0.05, 0.1) is 17.4 Å². The molecule has 1 aliphatic carbocycles. The first kappa shape index (κ1) is 20.5. The Morgan fingerprint density at radius 3 is 2.39 bits per heavy atom. The number of aliphatic hydroxyl groups is 1. The van der Waals surface area contributed by atoms with E-state index in [1.165, 1.54) is 25.3 Å². The minimum atomic E-state index is -3.27. The van der Waals surface area contributed by atoms with Crippen molar-refractivity contribution in [2.24, 2.45) is 5.92 Å². The van der Waals surface area contributed by atoms with Crippen molar-refractivity contribution in [1.29, 1.82) is 0 Å². The second kappa shape index (κ2) is 8.84. The third kappa shape index (κ3) is 5.17. The summed E-state index contributed by atoms with van der Waals surface area (Å²) in [6, 6.07) is 9.98. The number of hydrogen-bond acceptors (Lipinski definition) is 5. The van der Waals surface area contributed by atoms with Crippen LogP contribution in [0.15, 0.2) is 47.5 Å². The molecule has 1 fully saturated rings. The molecule has 0 bridgehead atoms. The highest BCUT2D eigenvalue weighted by atomic mass is 32.2. The number of rotatable bonds is 7. The van der Waals surface area contributed by atoms with Gasteiger partial charge in [0.2, 0.25) is 5.91 Å². The van der Waals surface area contributed by atoms with Crippen molar-refractivity contribution in [2.75, 3.05) is 11.6 Å². The van der Waals surface area contributed by atoms with Crippen LogP contribution in [0.1, 0.15) is 49.1 Å². The maximum Gasteiger partial charge on any atom is 0.233 e. The summed E-state index contributed by atoms with van der Waals surface area (Å²) in [5.74, 6) is 0.417. The molecular formula is C21H26N2O4S. The lowest BCUT2D eigenvalue weighted by Gasteiger charge is -2.21. The minimum Gasteiger partial charge on any atom is -0.392 e. The zero-order valence-electron chi connectivity index (χ0n) is 16.0. The fourth-order valence-electron chi connectivity index (χ4n) is 3.73. The highest BCUT2D eigenvalue weighted by Gasteiger charge is 2.27. The smallest absolute Gasteiger partial charge is 0.233 e. The maximum atomic E-state index is 13.0. The zero-order valence-corrected chi connectivity index (χ0v) is 16.8. The van der Waals surface area contributed by atoms with Gasteiger partial charge in [-0.2, -0.15) is 0 Å². The predicted octanol–water partition coefficient (Wildman–Crippen LogP) is 3.28. The van der Waals surface area contributed by atoms with Gasteiger partial charge in [0, 0.05) is 12.5 Å². The summed E-state index contributed by atoms with van der Waals surface area (Å²) in [6.45, 7) is -0.0990. The molecule has 3 rings (SSSR count). The van der Waals surface area contributed by atoms with Gasteiger partial charge in [0.25, 0.3) is 0 Å². The molecule has 0 aliphatic heterocycles. The summed E-state index contributed by atoms with van der Waals surface area (Å²) in [7, 11) is -3.27. The van der Waals surface area contributed by atoms with Gasteiger partial charge in [0.1, 0.15) is 5.82 Å². The molecule has 0 spiro atoms. The Balaban J connectivity index is 1.81. The third-order valence-electron chi connectivity index (χ3n) is 5.33. The summed E-state index contributed by atoms with van der Waals surface area (Å²) >= 11 is 0. The van der Waals surface area contributed by atoms with E-state index in [0.717, 1.165) is 24.8 Å². The van der Waals surface area contributed by atoms with Crippen LogP contribution in [0.3, 0.4) is 0 Å². The number of aromatic nitrogens is 1. The Hall–Kier alpha value is -2.25. The van der Waals surface area contributed by atoms with E-state index in [2.05, 4.69) is 10.3 Å². The number of aliphatic hydroxyl groups excluding tert-OH is 1. The van der Waals surface area contributed by atoms with E-state index in [-0.39, 0.29) is 23.3 Å². The summed E-state index contributed by atoms with van der Waals surface area (Å²) < 4.78 is 23.4. The molecule has 1 unspecified atom stereocenters. The predicted molar refractivity (Wildman–Crippen MR) is 108 cm³/mol. The molecule has 7 heteroatoms. The number of pyridine rings is 1. The summed E-state index contributed by atoms with van der Waals surface area (Å²) in [5, 5.41) is 12.0. The second-order valence-electron chi connectivity index (χ2n) is 7.48. The zero-order chi connectivity index (χ0) is 20.1. The first-order chi connectivity index (χ1) is 13.4. The van der Waals surface area contributed by atoms with Crippen molar-refractivity contribution in [3.05, 3.63) is 53.7 Å². The average Bonchev–Trinajstić information content (AvgIpc) is 3.19. The van der Waals surface area contributed by atoms with Crippen molar-refractivity contribution in [2.45, 2.75) is 49.5 Å². The topological polar surface area (TPSA) is 96.4 Å². The number of hydrogen-bond donors (Lipinski definition) is 2. The molecule has 6 nitrogen and oxygen atoms in total. The molecule has 28 heavy (non-hydrogen) atoms. The fourth-order valence-corrected chi connectivity index (χ4v) is 4.36. The van der Waals surface area contributed by atoms with Gasteiger partial charge in [-0.15, -0.1) is 0 Å². The van der Waals surface area contributed by atoms with Gasteiger partial charge >= 0.3 is 0 Å². The van der Waals surface area contributed by atoms with Gasteiger partial charge in [-0.25, -0.2) is 13.4 Å². The molecule has 1 amide bonds. The number of carbonyl (C=O) groups is 1. The normalized spacial score (nSPS) is 16.1. The van der Waals surface area contributed by atoms with E-state index in [1.54, 1.807) is 36.4 Å². The first-order valence-corrected chi connectivity index (χ1v) is 11.4. The molecule has 1 atom stereocenters. The molecule has 1 aromatic carbocycles. The van der Waals surface area contributed by atoms with Crippen molar-refractivity contribution >= 4 is 21.6 Å². The monoisotopic (exact) mass is 402 g/mol. The lowest BCUT2D eigenvalue weighted by atomic mass is 9.87. The molecule has 1 heterocycles. The van der Waals surface area contributed by atoms with Crippen LogP contribution in [-0.4, -0.2) is 30.7 Å². The van der Waals surface area contributed by atoms with Crippen molar-refractivity contribution in [3.8, 4) is 0 Å². The van der Waals surface area contributed by atoms with Crippen LogP contribution in [0.5, 0.6) is 0 Å². The minimum absolute atomic E-state index is 0.0990. The SMILES string of the molecule is CS(=O)(=O)c1ccc(C(CC2CCCC2)C(=O)Nc2ccc(CO)cn2)cc1. The Morgan fingerprint density at radius 1 is 1.18 bits per heavy atom. The van der Waals surface area contributed by atoms with Crippen LogP contribution < -0.4 is 5.32 Å². The van der Waals surface area contributed by atoms with Crippen molar-refractivity contribution in [1.82, 2.24) is 4.98 Å². The lowest BCUT2D eigenvalue weighted by molar-refractivity contribution is -0.118. The van der Waals surface area contributed by atoms with Gasteiger partial charge in [-0.05, 0) is 41.7 Å². The molecule has 1 saturated carbocycles. The van der Waals surface area contributed by atoms with E-state index in [1.807, 2.05) is 0 Å². The molecule has 2 N–H and O–H groups in total. The highest BCUT2D eigenvalue weighted by molar-refractivity contribution is 7.90. The average molecular weight is 403 g/mol. The number of nitrogens with zero attached hydrogens (tertiary/aromatic N) is 1. The maximum absolute atomic E-state index is 13.0. The molecule has 1 aromatic heterocycles. The second-order valence-corrected chi connectivity index (χ2v) is 9.49. The van der Waals surface area contributed by atoms with Gasteiger partial charge in [-0.1, -0.05) is 43.9 Å². The Kier molecular flexibility index (Phi) is 6.46. The number of anilines is 1. The summed E-state index contributed by atoms with van der Waals surface area (Å²) in [6.07, 6.45) is 8.06. The van der Waals surface area contributed by atoms with Crippen LogP contribution in [0.2, 0.25) is 0 Å². The summed E-state index contributed by atoms with van der Waals surface area (Å²) in [5.41, 5.74) is 1.49. The quantitative estimate of drug-likeness (QED) is 0.741. The van der Waals surface area contributed by atoms with Crippen LogP contribution in [0.4, 0.5) is 5.82 Å². The fraction of sp³-hybridized carbons (Fsp3) is 0.429. The molecule has 0 radical (unpaired) electrons. The third-order valence-corrected chi connectivity index (χ3v) is 6.46. The van der Waals surface area contributed by atoms with Crippen LogP contribution in [0.25, 0.3) is 0 Å². The molecule has 1 aliphatic rings. The number of carbonyl (C=O) groups excluding carboxylic acids is 1. The van der Waals surface area contributed by atoms with Gasteiger partial charge < -0.3 is 10.4 Å². The first-order valence-electron chi connectivity index (χ1n) is 9.53. The largest absolute Gasteiger partial charge is 0.392 e. The van der Waals surface area contributed by atoms with Crippen molar-refractivity contribution in [3.63, 3.8) is 0 Å². The standard InChI is InChI=1S/C21H26N2O4S/c1-28(26,27)18-9-7-17(8-10-18)19(12-15-4-2-3-5-15)21(25)23-20-11-6-16(14-24)13-22-20/h6-11,13,15,19,24H,2-5,12,14H2,1H3,(H,22,23,25). The molecule has 150 valence electrons. The highest BCUT2D eigenvalue weighted by Crippen LogP contribution is 2.35. The van der Waals surface area contributed by atoms with E-state index in [0.29, 0.717) is 17.3 Å². The number of benzene rings is 1. The Bertz CT molecular complexity index is 902. The molecule has 0 saturated heterocycles. The summed E-state index contributed by atoms with van der Waals surface area (Å²) in [4.78, 5) is 17.4. The van der Waals surface area contributed by atoms with Crippen molar-refractivity contribution < 1.29 is 18.3 Å². The molecule has 2 aromatic rings. The van der Waals surface area contributed by atoms with E-state index >= 15 is 0 Å².